The fraction of sp³-hybridized carbons (Fsp3) is 0.375. The molecule has 1 fully saturated rings. The Hall–Kier alpha value is -2.30. The van der Waals surface area contributed by atoms with Crippen molar-refractivity contribution < 1.29 is 14.3 Å². The molecule has 1 aliphatic rings. The van der Waals surface area contributed by atoms with Crippen LogP contribution in [0.5, 0.6) is 11.5 Å². The first-order valence-corrected chi connectivity index (χ1v) is 10.1. The number of carbonyl (C=O) groups is 1. The van der Waals surface area contributed by atoms with Crippen molar-refractivity contribution in [3.63, 3.8) is 0 Å². The highest BCUT2D eigenvalue weighted by molar-refractivity contribution is 6.06. The fourth-order valence-electron chi connectivity index (χ4n) is 3.36. The Morgan fingerprint density at radius 1 is 0.966 bits per heavy atom. The van der Waals surface area contributed by atoms with Crippen LogP contribution in [0, 0.1) is 0 Å². The van der Waals surface area contributed by atoms with Gasteiger partial charge in [-0.05, 0) is 80.4 Å². The van der Waals surface area contributed by atoms with Gasteiger partial charge >= 0.3 is 0 Å². The standard InChI is InChI=1S/C24H29NO3.ClH/c1-27-22-11-6-20(7-12-22)8-15-24(26)21-9-13-23(14-10-21)28-19-5-18-25-16-3-2-4-17-25;/h6-15H,2-5,16-19H2,1H3;1H/b15-8+;. The van der Waals surface area contributed by atoms with Crippen molar-refractivity contribution in [2.24, 2.45) is 0 Å². The molecule has 5 heteroatoms. The molecule has 0 aliphatic carbocycles. The van der Waals surface area contributed by atoms with Gasteiger partial charge in [0.15, 0.2) is 5.78 Å². The van der Waals surface area contributed by atoms with Gasteiger partial charge in [0.1, 0.15) is 11.5 Å². The zero-order chi connectivity index (χ0) is 19.6. The summed E-state index contributed by atoms with van der Waals surface area (Å²) in [6.07, 6.45) is 8.45. The minimum absolute atomic E-state index is 0. The first kappa shape index (κ1) is 23.0. The van der Waals surface area contributed by atoms with E-state index in [1.165, 1.54) is 32.4 Å². The Morgan fingerprint density at radius 3 is 2.28 bits per heavy atom. The van der Waals surface area contributed by atoms with Crippen LogP contribution in [0.25, 0.3) is 6.08 Å². The number of ketones is 1. The monoisotopic (exact) mass is 415 g/mol. The van der Waals surface area contributed by atoms with Crippen molar-refractivity contribution in [1.82, 2.24) is 4.90 Å². The summed E-state index contributed by atoms with van der Waals surface area (Å²) in [4.78, 5) is 14.8. The van der Waals surface area contributed by atoms with Gasteiger partial charge in [-0.15, -0.1) is 12.4 Å². The number of rotatable bonds is 9. The van der Waals surface area contributed by atoms with Gasteiger partial charge in [-0.25, -0.2) is 0 Å². The molecule has 29 heavy (non-hydrogen) atoms. The van der Waals surface area contributed by atoms with E-state index in [-0.39, 0.29) is 18.2 Å². The smallest absolute Gasteiger partial charge is 0.185 e. The quantitative estimate of drug-likeness (QED) is 0.318. The summed E-state index contributed by atoms with van der Waals surface area (Å²) in [6, 6.07) is 15.0. The average molecular weight is 416 g/mol. The number of ether oxygens (including phenoxy) is 2. The van der Waals surface area contributed by atoms with Gasteiger partial charge in [-0.3, -0.25) is 4.79 Å². The predicted molar refractivity (Wildman–Crippen MR) is 120 cm³/mol. The van der Waals surface area contributed by atoms with E-state index in [1.807, 2.05) is 54.6 Å². The third-order valence-electron chi connectivity index (χ3n) is 5.02. The van der Waals surface area contributed by atoms with Gasteiger partial charge < -0.3 is 14.4 Å². The van der Waals surface area contributed by atoms with Crippen LogP contribution in [-0.2, 0) is 0 Å². The highest BCUT2D eigenvalue weighted by Gasteiger charge is 2.09. The molecule has 1 aliphatic heterocycles. The summed E-state index contributed by atoms with van der Waals surface area (Å²) in [6.45, 7) is 4.26. The number of allylic oxidation sites excluding steroid dienone is 1. The number of likely N-dealkylation sites (tertiary alicyclic amines) is 1. The van der Waals surface area contributed by atoms with E-state index < -0.39 is 0 Å². The fourth-order valence-corrected chi connectivity index (χ4v) is 3.36. The summed E-state index contributed by atoms with van der Waals surface area (Å²) in [5.74, 6) is 1.59. The molecule has 2 aromatic rings. The Bertz CT molecular complexity index is 766. The summed E-state index contributed by atoms with van der Waals surface area (Å²) < 4.78 is 11.0. The van der Waals surface area contributed by atoms with Crippen LogP contribution in [0.15, 0.2) is 54.6 Å². The summed E-state index contributed by atoms with van der Waals surface area (Å²) in [7, 11) is 1.64. The van der Waals surface area contributed by atoms with E-state index in [0.717, 1.165) is 30.0 Å². The van der Waals surface area contributed by atoms with Gasteiger partial charge in [0.25, 0.3) is 0 Å². The highest BCUT2D eigenvalue weighted by atomic mass is 35.5. The van der Waals surface area contributed by atoms with E-state index in [9.17, 15) is 4.79 Å². The van der Waals surface area contributed by atoms with E-state index in [0.29, 0.717) is 12.2 Å². The Morgan fingerprint density at radius 2 is 1.62 bits per heavy atom. The molecule has 1 saturated heterocycles. The number of halogens is 1. The van der Waals surface area contributed by atoms with Crippen LogP contribution in [0.4, 0.5) is 0 Å². The Balaban J connectivity index is 0.00000300. The molecule has 1 heterocycles. The van der Waals surface area contributed by atoms with E-state index in [4.69, 9.17) is 9.47 Å². The summed E-state index contributed by atoms with van der Waals surface area (Å²) >= 11 is 0. The minimum atomic E-state index is -0.0209. The second-order valence-corrected chi connectivity index (χ2v) is 7.10. The van der Waals surface area contributed by atoms with Crippen molar-refractivity contribution in [1.29, 1.82) is 0 Å². The molecule has 0 atom stereocenters. The third-order valence-corrected chi connectivity index (χ3v) is 5.02. The molecule has 0 aromatic heterocycles. The van der Waals surface area contributed by atoms with Crippen LogP contribution >= 0.6 is 12.4 Å². The van der Waals surface area contributed by atoms with Gasteiger partial charge in [0, 0.05) is 12.1 Å². The molecule has 0 amide bonds. The first-order chi connectivity index (χ1) is 13.7. The molecule has 0 unspecified atom stereocenters. The first-order valence-electron chi connectivity index (χ1n) is 10.1. The molecule has 2 aromatic carbocycles. The number of benzene rings is 2. The van der Waals surface area contributed by atoms with Gasteiger partial charge in [-0.1, -0.05) is 24.6 Å². The Kier molecular flexibility index (Phi) is 9.75. The average Bonchev–Trinajstić information content (AvgIpc) is 2.76. The second-order valence-electron chi connectivity index (χ2n) is 7.10. The van der Waals surface area contributed by atoms with Crippen LogP contribution in [0.3, 0.4) is 0 Å². The maximum Gasteiger partial charge on any atom is 0.185 e. The van der Waals surface area contributed by atoms with E-state index >= 15 is 0 Å². The third kappa shape index (κ3) is 7.56. The van der Waals surface area contributed by atoms with Crippen molar-refractivity contribution in [3.8, 4) is 11.5 Å². The second kappa shape index (κ2) is 12.3. The summed E-state index contributed by atoms with van der Waals surface area (Å²) in [5, 5.41) is 0. The van der Waals surface area contributed by atoms with Crippen LogP contribution < -0.4 is 9.47 Å². The zero-order valence-electron chi connectivity index (χ0n) is 17.0. The highest BCUT2D eigenvalue weighted by Crippen LogP contribution is 2.16. The summed E-state index contributed by atoms with van der Waals surface area (Å²) in [5.41, 5.74) is 1.62. The van der Waals surface area contributed by atoms with Crippen LogP contribution in [0.2, 0.25) is 0 Å². The minimum Gasteiger partial charge on any atom is -0.497 e. The molecule has 0 bridgehead atoms. The number of carbonyl (C=O) groups excluding carboxylic acids is 1. The lowest BCUT2D eigenvalue weighted by molar-refractivity contribution is 0.104. The lowest BCUT2D eigenvalue weighted by atomic mass is 10.1. The van der Waals surface area contributed by atoms with Crippen molar-refractivity contribution in [3.05, 3.63) is 65.7 Å². The molecular formula is C24H30ClNO3. The zero-order valence-corrected chi connectivity index (χ0v) is 17.8. The number of methoxy groups -OCH3 is 1. The topological polar surface area (TPSA) is 38.8 Å². The number of piperidine rings is 1. The number of nitrogens with zero attached hydrogens (tertiary/aromatic N) is 1. The molecule has 0 radical (unpaired) electrons. The van der Waals surface area contributed by atoms with E-state index in [2.05, 4.69) is 4.90 Å². The molecule has 156 valence electrons. The molecule has 3 rings (SSSR count). The molecule has 4 nitrogen and oxygen atoms in total. The molecular weight excluding hydrogens is 386 g/mol. The normalized spacial score (nSPS) is 14.4. The van der Waals surface area contributed by atoms with Crippen molar-refractivity contribution >= 4 is 24.3 Å². The van der Waals surface area contributed by atoms with Gasteiger partial charge in [0.2, 0.25) is 0 Å². The van der Waals surface area contributed by atoms with Gasteiger partial charge in [0.05, 0.1) is 13.7 Å². The Labute approximate surface area is 179 Å². The van der Waals surface area contributed by atoms with Crippen molar-refractivity contribution in [2.75, 3.05) is 33.4 Å². The molecule has 0 spiro atoms. The number of hydrogen-bond donors (Lipinski definition) is 0. The maximum absolute atomic E-state index is 12.3. The molecule has 0 N–H and O–H groups in total. The van der Waals surface area contributed by atoms with E-state index in [1.54, 1.807) is 13.2 Å². The van der Waals surface area contributed by atoms with Crippen molar-refractivity contribution in [2.45, 2.75) is 25.7 Å². The largest absolute Gasteiger partial charge is 0.497 e. The number of hydrogen-bond acceptors (Lipinski definition) is 4. The lowest BCUT2D eigenvalue weighted by Crippen LogP contribution is -2.31. The lowest BCUT2D eigenvalue weighted by Gasteiger charge is -2.26. The maximum atomic E-state index is 12.3. The molecule has 0 saturated carbocycles. The van der Waals surface area contributed by atoms with Crippen LogP contribution in [0.1, 0.15) is 41.6 Å². The van der Waals surface area contributed by atoms with Gasteiger partial charge in [-0.2, -0.15) is 0 Å². The SMILES string of the molecule is COc1ccc(/C=C/C(=O)c2ccc(OCCCN3CCCCC3)cc2)cc1.Cl. The van der Waals surface area contributed by atoms with Crippen LogP contribution in [-0.4, -0.2) is 44.0 Å². The predicted octanol–water partition coefficient (Wildman–Crippen LogP) is 5.27.